The van der Waals surface area contributed by atoms with Gasteiger partial charge in [-0.3, -0.25) is 0 Å². The summed E-state index contributed by atoms with van der Waals surface area (Å²) in [5, 5.41) is 6.26. The average molecular weight is 347 g/mol. The fourth-order valence-electron chi connectivity index (χ4n) is 2.25. The number of nitrogens with zero attached hydrogens (tertiary/aromatic N) is 1. The van der Waals surface area contributed by atoms with E-state index in [2.05, 4.69) is 15.6 Å². The van der Waals surface area contributed by atoms with Crippen LogP contribution in [0.4, 0.5) is 8.78 Å². The van der Waals surface area contributed by atoms with Gasteiger partial charge in [-0.05, 0) is 48.7 Å². The van der Waals surface area contributed by atoms with Crippen LogP contribution in [0, 0.1) is 18.6 Å². The predicted octanol–water partition coefficient (Wildman–Crippen LogP) is 3.54. The summed E-state index contributed by atoms with van der Waals surface area (Å²) in [7, 11) is 1.43. The minimum Gasteiger partial charge on any atom is -0.494 e. The minimum atomic E-state index is -0.414. The van der Waals surface area contributed by atoms with Gasteiger partial charge in [-0.1, -0.05) is 18.2 Å². The lowest BCUT2D eigenvalue weighted by Crippen LogP contribution is -2.36. The molecule has 0 bridgehead atoms. The molecule has 0 spiro atoms. The maximum absolute atomic E-state index is 13.7. The van der Waals surface area contributed by atoms with E-state index in [-0.39, 0.29) is 11.6 Å². The Hall–Kier alpha value is -2.63. The third-order valence-electron chi connectivity index (χ3n) is 3.68. The first kappa shape index (κ1) is 18.7. The van der Waals surface area contributed by atoms with Gasteiger partial charge in [0.15, 0.2) is 17.5 Å². The molecule has 2 aromatic carbocycles. The smallest absolute Gasteiger partial charge is 0.191 e. The zero-order chi connectivity index (χ0) is 18.2. The Labute approximate surface area is 146 Å². The normalized spacial score (nSPS) is 11.3. The van der Waals surface area contributed by atoms with Gasteiger partial charge in [0.25, 0.3) is 0 Å². The number of ether oxygens (including phenoxy) is 1. The summed E-state index contributed by atoms with van der Waals surface area (Å²) in [5.74, 6) is 0.150. The first-order chi connectivity index (χ1) is 12.0. The van der Waals surface area contributed by atoms with Crippen LogP contribution in [0.2, 0.25) is 0 Å². The number of aryl methyl sites for hydroxylation is 1. The molecule has 2 N–H and O–H groups in total. The Morgan fingerprint density at radius 3 is 2.40 bits per heavy atom. The van der Waals surface area contributed by atoms with Crippen molar-refractivity contribution < 1.29 is 13.5 Å². The number of benzene rings is 2. The first-order valence-corrected chi connectivity index (χ1v) is 8.13. The van der Waals surface area contributed by atoms with Gasteiger partial charge in [-0.2, -0.15) is 0 Å². The standard InChI is InChI=1S/C19H23F2N3O/c1-4-22-19(23-11-14-6-5-13(2)16(20)9-14)24-12-15-7-8-18(25-3)17(21)10-15/h5-10H,4,11-12H2,1-3H3,(H2,22,23,24). The number of rotatable bonds is 6. The molecule has 0 heterocycles. The monoisotopic (exact) mass is 347 g/mol. The Balaban J connectivity index is 2.02. The van der Waals surface area contributed by atoms with E-state index in [0.717, 1.165) is 11.1 Å². The summed E-state index contributed by atoms with van der Waals surface area (Å²) in [5.41, 5.74) is 2.17. The molecule has 2 rings (SSSR count). The van der Waals surface area contributed by atoms with Crippen LogP contribution in [0.3, 0.4) is 0 Å². The highest BCUT2D eigenvalue weighted by atomic mass is 19.1. The quantitative estimate of drug-likeness (QED) is 0.621. The molecule has 0 fully saturated rings. The maximum Gasteiger partial charge on any atom is 0.191 e. The summed E-state index contributed by atoms with van der Waals surface area (Å²) in [4.78, 5) is 4.43. The molecule has 6 heteroatoms. The van der Waals surface area contributed by atoms with E-state index in [1.165, 1.54) is 19.2 Å². The van der Waals surface area contributed by atoms with Crippen LogP contribution in [0.15, 0.2) is 41.4 Å². The summed E-state index contributed by atoms with van der Waals surface area (Å²) < 4.78 is 32.2. The molecule has 134 valence electrons. The van der Waals surface area contributed by atoms with Gasteiger partial charge in [0.1, 0.15) is 5.82 Å². The van der Waals surface area contributed by atoms with E-state index in [9.17, 15) is 8.78 Å². The molecule has 2 aromatic rings. The molecule has 25 heavy (non-hydrogen) atoms. The lowest BCUT2D eigenvalue weighted by molar-refractivity contribution is 0.386. The molecule has 0 radical (unpaired) electrons. The maximum atomic E-state index is 13.7. The van der Waals surface area contributed by atoms with Gasteiger partial charge in [-0.15, -0.1) is 0 Å². The topological polar surface area (TPSA) is 45.7 Å². The van der Waals surface area contributed by atoms with Gasteiger partial charge in [0.05, 0.1) is 13.7 Å². The van der Waals surface area contributed by atoms with E-state index >= 15 is 0 Å². The zero-order valence-electron chi connectivity index (χ0n) is 14.7. The second-order valence-corrected chi connectivity index (χ2v) is 5.60. The van der Waals surface area contributed by atoms with Crippen molar-refractivity contribution in [2.45, 2.75) is 26.9 Å². The van der Waals surface area contributed by atoms with Crippen LogP contribution in [-0.2, 0) is 13.1 Å². The second kappa shape index (κ2) is 9.01. The molecule has 0 atom stereocenters. The van der Waals surface area contributed by atoms with Crippen molar-refractivity contribution in [1.29, 1.82) is 0 Å². The third-order valence-corrected chi connectivity index (χ3v) is 3.68. The van der Waals surface area contributed by atoms with Gasteiger partial charge in [-0.25, -0.2) is 13.8 Å². The molecule has 0 saturated heterocycles. The van der Waals surface area contributed by atoms with Crippen molar-refractivity contribution in [1.82, 2.24) is 10.6 Å². The molecular weight excluding hydrogens is 324 g/mol. The zero-order valence-corrected chi connectivity index (χ0v) is 14.7. The number of methoxy groups -OCH3 is 1. The molecule has 0 aliphatic heterocycles. The van der Waals surface area contributed by atoms with E-state index in [1.54, 1.807) is 25.1 Å². The lowest BCUT2D eigenvalue weighted by atomic mass is 10.1. The summed E-state index contributed by atoms with van der Waals surface area (Å²) in [6, 6.07) is 9.87. The highest BCUT2D eigenvalue weighted by molar-refractivity contribution is 5.79. The molecule has 0 aliphatic rings. The Kier molecular flexibility index (Phi) is 6.74. The fourth-order valence-corrected chi connectivity index (χ4v) is 2.25. The highest BCUT2D eigenvalue weighted by Gasteiger charge is 2.05. The van der Waals surface area contributed by atoms with Gasteiger partial charge in [0.2, 0.25) is 0 Å². The lowest BCUT2D eigenvalue weighted by Gasteiger charge is -2.12. The molecule has 0 saturated carbocycles. The molecular formula is C19H23F2N3O. The molecule has 0 amide bonds. The highest BCUT2D eigenvalue weighted by Crippen LogP contribution is 2.18. The van der Waals surface area contributed by atoms with Gasteiger partial charge in [0, 0.05) is 13.1 Å². The summed E-state index contributed by atoms with van der Waals surface area (Å²) >= 11 is 0. The number of aliphatic imine (C=N–C) groups is 1. The Morgan fingerprint density at radius 1 is 1.04 bits per heavy atom. The first-order valence-electron chi connectivity index (χ1n) is 8.13. The predicted molar refractivity (Wildman–Crippen MR) is 95.7 cm³/mol. The summed E-state index contributed by atoms with van der Waals surface area (Å²) in [6.07, 6.45) is 0. The molecule has 0 aliphatic carbocycles. The summed E-state index contributed by atoms with van der Waals surface area (Å²) in [6.45, 7) is 5.13. The van der Waals surface area contributed by atoms with Crippen LogP contribution in [0.5, 0.6) is 5.75 Å². The average Bonchev–Trinajstić information content (AvgIpc) is 2.60. The number of hydrogen-bond donors (Lipinski definition) is 2. The van der Waals surface area contributed by atoms with E-state index in [0.29, 0.717) is 31.2 Å². The minimum absolute atomic E-state index is 0.208. The van der Waals surface area contributed by atoms with E-state index < -0.39 is 5.82 Å². The van der Waals surface area contributed by atoms with Crippen LogP contribution < -0.4 is 15.4 Å². The second-order valence-electron chi connectivity index (χ2n) is 5.60. The van der Waals surface area contributed by atoms with Crippen LogP contribution in [-0.4, -0.2) is 19.6 Å². The Morgan fingerprint density at radius 2 is 1.76 bits per heavy atom. The van der Waals surface area contributed by atoms with Crippen molar-refractivity contribution >= 4 is 5.96 Å². The Bertz CT molecular complexity index is 747. The van der Waals surface area contributed by atoms with Crippen molar-refractivity contribution in [2.75, 3.05) is 13.7 Å². The number of halogens is 2. The third kappa shape index (κ3) is 5.45. The molecule has 0 unspecified atom stereocenters. The fraction of sp³-hybridized carbons (Fsp3) is 0.316. The van der Waals surface area contributed by atoms with Crippen LogP contribution in [0.1, 0.15) is 23.6 Å². The van der Waals surface area contributed by atoms with Crippen molar-refractivity contribution in [3.8, 4) is 5.75 Å². The number of nitrogens with one attached hydrogen (secondary N) is 2. The number of hydrogen-bond acceptors (Lipinski definition) is 2. The molecule has 0 aromatic heterocycles. The van der Waals surface area contributed by atoms with Crippen molar-refractivity contribution in [3.05, 3.63) is 64.7 Å². The number of guanidine groups is 1. The van der Waals surface area contributed by atoms with Gasteiger partial charge < -0.3 is 15.4 Å². The van der Waals surface area contributed by atoms with Crippen molar-refractivity contribution in [2.24, 2.45) is 4.99 Å². The SMILES string of the molecule is CCNC(=NCc1ccc(OC)c(F)c1)NCc1ccc(C)c(F)c1. The van der Waals surface area contributed by atoms with Crippen LogP contribution >= 0.6 is 0 Å². The van der Waals surface area contributed by atoms with Crippen LogP contribution in [0.25, 0.3) is 0 Å². The van der Waals surface area contributed by atoms with E-state index in [4.69, 9.17) is 4.74 Å². The largest absolute Gasteiger partial charge is 0.494 e. The van der Waals surface area contributed by atoms with Gasteiger partial charge >= 0.3 is 0 Å². The van der Waals surface area contributed by atoms with Crippen molar-refractivity contribution in [3.63, 3.8) is 0 Å². The van der Waals surface area contributed by atoms with E-state index in [1.807, 2.05) is 13.0 Å². The molecule has 4 nitrogen and oxygen atoms in total.